The maximum Gasteiger partial charge on any atom is 0.204 e. The van der Waals surface area contributed by atoms with Crippen LogP contribution < -0.4 is 14.2 Å². The van der Waals surface area contributed by atoms with E-state index in [0.717, 1.165) is 22.3 Å². The second kappa shape index (κ2) is 11.7. The number of hydrogen-bond acceptors (Lipinski definition) is 3. The lowest BCUT2D eigenvalue weighted by molar-refractivity contribution is 0.228. The Hall–Kier alpha value is -4.76. The van der Waals surface area contributed by atoms with Crippen LogP contribution in [-0.4, -0.2) is 0 Å². The van der Waals surface area contributed by atoms with Crippen molar-refractivity contribution in [1.29, 1.82) is 0 Å². The Bertz CT molecular complexity index is 1540. The molecule has 6 rings (SSSR count). The van der Waals surface area contributed by atoms with E-state index in [1.54, 1.807) is 0 Å². The Morgan fingerprint density at radius 3 is 1.56 bits per heavy atom. The Morgan fingerprint density at radius 2 is 0.949 bits per heavy atom. The first-order valence-electron chi connectivity index (χ1n) is 13.3. The fourth-order valence-corrected chi connectivity index (χ4v) is 4.92. The summed E-state index contributed by atoms with van der Waals surface area (Å²) in [7, 11) is 0. The predicted molar refractivity (Wildman–Crippen MR) is 156 cm³/mol. The summed E-state index contributed by atoms with van der Waals surface area (Å²) < 4.78 is 19.5. The normalized spacial score (nSPS) is 13.6. The Labute approximate surface area is 229 Å². The van der Waals surface area contributed by atoms with Gasteiger partial charge in [0.15, 0.2) is 11.5 Å². The molecule has 0 aromatic heterocycles. The summed E-state index contributed by atoms with van der Waals surface area (Å²) in [6.07, 6.45) is 4.42. The molecule has 0 bridgehead atoms. The molecule has 192 valence electrons. The highest BCUT2D eigenvalue weighted by atomic mass is 16.5. The molecular formula is C36H30O3. The lowest BCUT2D eigenvalue weighted by atomic mass is 9.92. The minimum absolute atomic E-state index is 0.0641. The lowest BCUT2D eigenvalue weighted by Crippen LogP contribution is -2.08. The highest BCUT2D eigenvalue weighted by Crippen LogP contribution is 2.48. The molecule has 5 aromatic carbocycles. The molecule has 0 fully saturated rings. The van der Waals surface area contributed by atoms with Crippen LogP contribution >= 0.6 is 0 Å². The van der Waals surface area contributed by atoms with Crippen molar-refractivity contribution in [3.05, 3.63) is 167 Å². The first-order chi connectivity index (χ1) is 19.3. The zero-order chi connectivity index (χ0) is 26.3. The molecular weight excluding hydrogens is 480 g/mol. The average Bonchev–Trinajstić information content (AvgIpc) is 3.43. The number of rotatable bonds is 10. The fourth-order valence-electron chi connectivity index (χ4n) is 4.92. The predicted octanol–water partition coefficient (Wildman–Crippen LogP) is 8.58. The largest absolute Gasteiger partial charge is 0.485 e. The van der Waals surface area contributed by atoms with Crippen LogP contribution in [-0.2, 0) is 19.8 Å². The van der Waals surface area contributed by atoms with Gasteiger partial charge in [0.25, 0.3) is 0 Å². The summed E-state index contributed by atoms with van der Waals surface area (Å²) in [6, 6.07) is 43.2. The molecule has 5 aromatic rings. The zero-order valence-corrected chi connectivity index (χ0v) is 21.7. The molecule has 3 heteroatoms. The van der Waals surface area contributed by atoms with Crippen molar-refractivity contribution >= 4 is 6.08 Å². The monoisotopic (exact) mass is 510 g/mol. The quantitative estimate of drug-likeness (QED) is 0.188. The van der Waals surface area contributed by atoms with Gasteiger partial charge in [0.05, 0.1) is 0 Å². The highest BCUT2D eigenvalue weighted by Gasteiger charge is 2.27. The van der Waals surface area contributed by atoms with Gasteiger partial charge in [-0.05, 0) is 33.9 Å². The molecule has 0 N–H and O–H groups in total. The Balaban J connectivity index is 1.41. The van der Waals surface area contributed by atoms with Crippen LogP contribution in [0.15, 0.2) is 133 Å². The van der Waals surface area contributed by atoms with Crippen LogP contribution in [0.3, 0.4) is 0 Å². The molecule has 39 heavy (non-hydrogen) atoms. The van der Waals surface area contributed by atoms with E-state index in [2.05, 4.69) is 78.9 Å². The van der Waals surface area contributed by atoms with Crippen molar-refractivity contribution in [1.82, 2.24) is 0 Å². The van der Waals surface area contributed by atoms with Gasteiger partial charge in [0.2, 0.25) is 5.75 Å². The number of hydrogen-bond donors (Lipinski definition) is 0. The maximum absolute atomic E-state index is 6.62. The molecule has 1 aliphatic rings. The van der Waals surface area contributed by atoms with E-state index in [1.807, 2.05) is 60.7 Å². The van der Waals surface area contributed by atoms with E-state index in [9.17, 15) is 0 Å². The van der Waals surface area contributed by atoms with Crippen molar-refractivity contribution < 1.29 is 14.2 Å². The lowest BCUT2D eigenvalue weighted by Gasteiger charge is -2.23. The molecule has 0 aliphatic heterocycles. The van der Waals surface area contributed by atoms with Crippen molar-refractivity contribution in [2.24, 2.45) is 0 Å². The summed E-state index contributed by atoms with van der Waals surface area (Å²) in [5.41, 5.74) is 6.81. The van der Waals surface area contributed by atoms with Crippen molar-refractivity contribution in [2.75, 3.05) is 0 Å². The van der Waals surface area contributed by atoms with E-state index in [0.29, 0.717) is 37.1 Å². The van der Waals surface area contributed by atoms with Gasteiger partial charge in [-0.1, -0.05) is 133 Å². The second-order valence-electron chi connectivity index (χ2n) is 9.60. The van der Waals surface area contributed by atoms with Crippen LogP contribution in [0.25, 0.3) is 6.08 Å². The van der Waals surface area contributed by atoms with Gasteiger partial charge < -0.3 is 14.2 Å². The number of fused-ring (bicyclic) bond motifs is 1. The number of allylic oxidation sites excluding steroid dienone is 1. The third-order valence-corrected chi connectivity index (χ3v) is 6.93. The summed E-state index contributed by atoms with van der Waals surface area (Å²) in [5.74, 6) is 2.07. The van der Waals surface area contributed by atoms with Gasteiger partial charge in [-0.15, -0.1) is 0 Å². The van der Waals surface area contributed by atoms with E-state index >= 15 is 0 Å². The molecule has 0 saturated carbocycles. The average molecular weight is 511 g/mol. The van der Waals surface area contributed by atoms with Crippen LogP contribution in [0.4, 0.5) is 0 Å². The molecule has 3 nitrogen and oxygen atoms in total. The summed E-state index contributed by atoms with van der Waals surface area (Å²) in [4.78, 5) is 0. The molecule has 1 atom stereocenters. The molecule has 0 saturated heterocycles. The molecule has 1 aliphatic carbocycles. The van der Waals surface area contributed by atoms with Gasteiger partial charge in [-0.25, -0.2) is 0 Å². The van der Waals surface area contributed by atoms with Gasteiger partial charge >= 0.3 is 0 Å². The standard InChI is InChI=1S/C36H30O3/c1-4-12-27(13-5-1)24-37-34-23-22-33(32-21-20-30-18-10-11-19-31(30)32)35(38-25-28-14-6-2-7-15-28)36(34)39-26-29-16-8-3-9-17-29/h1-23,32H,24-26H2. The van der Waals surface area contributed by atoms with Crippen LogP contribution in [0.1, 0.15) is 39.3 Å². The molecule has 0 heterocycles. The third-order valence-electron chi connectivity index (χ3n) is 6.93. The summed E-state index contributed by atoms with van der Waals surface area (Å²) in [6.45, 7) is 1.27. The van der Waals surface area contributed by atoms with Gasteiger partial charge in [0.1, 0.15) is 19.8 Å². The third kappa shape index (κ3) is 5.73. The van der Waals surface area contributed by atoms with Crippen LogP contribution in [0, 0.1) is 0 Å². The molecule has 1 unspecified atom stereocenters. The Kier molecular flexibility index (Phi) is 7.40. The topological polar surface area (TPSA) is 27.7 Å². The Morgan fingerprint density at radius 1 is 0.436 bits per heavy atom. The second-order valence-corrected chi connectivity index (χ2v) is 9.60. The van der Waals surface area contributed by atoms with E-state index in [1.165, 1.54) is 11.1 Å². The van der Waals surface area contributed by atoms with E-state index < -0.39 is 0 Å². The first-order valence-corrected chi connectivity index (χ1v) is 13.3. The minimum Gasteiger partial charge on any atom is -0.485 e. The minimum atomic E-state index is 0.0641. The molecule has 0 amide bonds. The molecule has 0 radical (unpaired) electrons. The smallest absolute Gasteiger partial charge is 0.204 e. The van der Waals surface area contributed by atoms with Gasteiger partial charge in [-0.2, -0.15) is 0 Å². The van der Waals surface area contributed by atoms with E-state index in [-0.39, 0.29) is 5.92 Å². The zero-order valence-electron chi connectivity index (χ0n) is 21.7. The highest BCUT2D eigenvalue weighted by molar-refractivity contribution is 5.68. The van der Waals surface area contributed by atoms with Crippen molar-refractivity contribution in [3.8, 4) is 17.2 Å². The number of benzene rings is 5. The molecule has 0 spiro atoms. The fraction of sp³-hybridized carbons (Fsp3) is 0.111. The number of ether oxygens (including phenoxy) is 3. The van der Waals surface area contributed by atoms with E-state index in [4.69, 9.17) is 14.2 Å². The van der Waals surface area contributed by atoms with Crippen molar-refractivity contribution in [2.45, 2.75) is 25.7 Å². The summed E-state index contributed by atoms with van der Waals surface area (Å²) >= 11 is 0. The first kappa shape index (κ1) is 24.6. The van der Waals surface area contributed by atoms with Gasteiger partial charge in [-0.3, -0.25) is 0 Å². The SMILES string of the molecule is C1=CC(c2ccc(OCc3ccccc3)c(OCc3ccccc3)c2OCc2ccccc2)c2ccccc21. The maximum atomic E-state index is 6.62. The summed E-state index contributed by atoms with van der Waals surface area (Å²) in [5, 5.41) is 0. The van der Waals surface area contributed by atoms with Crippen LogP contribution in [0.5, 0.6) is 17.2 Å². The van der Waals surface area contributed by atoms with Crippen LogP contribution in [0.2, 0.25) is 0 Å². The van der Waals surface area contributed by atoms with Crippen molar-refractivity contribution in [3.63, 3.8) is 0 Å². The van der Waals surface area contributed by atoms with Gasteiger partial charge in [0, 0.05) is 11.5 Å².